The van der Waals surface area contributed by atoms with E-state index in [0.29, 0.717) is 119 Å². The first-order chi connectivity index (χ1) is 17.4. The van der Waals surface area contributed by atoms with Crippen LogP contribution in [0.3, 0.4) is 0 Å². The standard InChI is InChI=1S/C25H52O10/c1-3-4-5-6-7-27-10-11-29-14-15-31-18-19-33-22-23-35-25-24-34-21-20-32-17-16-30-13-12-28-9-8-26-2/h3-25H2,1-2H3. The zero-order valence-electron chi connectivity index (χ0n) is 22.3. The molecular weight excluding hydrogens is 460 g/mol. The van der Waals surface area contributed by atoms with Gasteiger partial charge in [0.1, 0.15) is 0 Å². The van der Waals surface area contributed by atoms with Crippen LogP contribution in [-0.2, 0) is 47.4 Å². The average Bonchev–Trinajstić information content (AvgIpc) is 2.87. The first-order valence-electron chi connectivity index (χ1n) is 13.1. The number of rotatable bonds is 32. The molecule has 0 N–H and O–H groups in total. The molecule has 0 aliphatic heterocycles. The molecule has 0 rings (SSSR count). The highest BCUT2D eigenvalue weighted by Gasteiger charge is 1.96. The molecule has 35 heavy (non-hydrogen) atoms. The third-order valence-electron chi connectivity index (χ3n) is 4.55. The monoisotopic (exact) mass is 512 g/mol. The van der Waals surface area contributed by atoms with E-state index in [2.05, 4.69) is 6.92 Å². The highest BCUT2D eigenvalue weighted by molar-refractivity contribution is 4.40. The maximum atomic E-state index is 5.51. The summed E-state index contributed by atoms with van der Waals surface area (Å²) in [7, 11) is 1.65. The Morgan fingerprint density at radius 1 is 0.286 bits per heavy atom. The smallest absolute Gasteiger partial charge is 0.0701 e. The molecule has 0 aromatic heterocycles. The van der Waals surface area contributed by atoms with Crippen LogP contribution < -0.4 is 0 Å². The van der Waals surface area contributed by atoms with Crippen LogP contribution in [0, 0.1) is 0 Å². The Bertz CT molecular complexity index is 331. The van der Waals surface area contributed by atoms with Gasteiger partial charge in [-0.1, -0.05) is 26.2 Å². The largest absolute Gasteiger partial charge is 0.382 e. The predicted octanol–water partition coefficient (Wildman–Crippen LogP) is 2.36. The molecule has 0 saturated carbocycles. The predicted molar refractivity (Wildman–Crippen MR) is 133 cm³/mol. The second kappa shape index (κ2) is 33.6. The Kier molecular flexibility index (Phi) is 33.2. The topological polar surface area (TPSA) is 92.3 Å². The molecular formula is C25H52O10. The van der Waals surface area contributed by atoms with Crippen LogP contribution in [-0.4, -0.2) is 133 Å². The van der Waals surface area contributed by atoms with Gasteiger partial charge in [0.2, 0.25) is 0 Å². The molecule has 0 spiro atoms. The summed E-state index contributed by atoms with van der Waals surface area (Å²) in [4.78, 5) is 0. The second-order valence-corrected chi connectivity index (χ2v) is 7.56. The molecule has 0 unspecified atom stereocenters. The first kappa shape index (κ1) is 34.6. The maximum Gasteiger partial charge on any atom is 0.0701 e. The molecule has 0 amide bonds. The van der Waals surface area contributed by atoms with Crippen molar-refractivity contribution in [3.8, 4) is 0 Å². The highest BCUT2D eigenvalue weighted by atomic mass is 16.6. The summed E-state index contributed by atoms with van der Waals surface area (Å²) in [5.74, 6) is 0. The molecule has 0 aromatic carbocycles. The minimum Gasteiger partial charge on any atom is -0.382 e. The van der Waals surface area contributed by atoms with E-state index in [9.17, 15) is 0 Å². The van der Waals surface area contributed by atoms with Crippen molar-refractivity contribution in [3.05, 3.63) is 0 Å². The SMILES string of the molecule is CCCCCCOCCOCCOCCOCCOCCOCCOCCOCCOCCOC. The molecule has 0 radical (unpaired) electrons. The molecule has 0 heterocycles. The lowest BCUT2D eigenvalue weighted by Crippen LogP contribution is -2.15. The van der Waals surface area contributed by atoms with Gasteiger partial charge in [0.25, 0.3) is 0 Å². The van der Waals surface area contributed by atoms with E-state index >= 15 is 0 Å². The molecule has 0 saturated heterocycles. The fraction of sp³-hybridized carbons (Fsp3) is 1.00. The van der Waals surface area contributed by atoms with E-state index in [1.54, 1.807) is 7.11 Å². The van der Waals surface area contributed by atoms with Crippen LogP contribution >= 0.6 is 0 Å². The summed E-state index contributed by atoms with van der Waals surface area (Å²) in [6.45, 7) is 13.1. The van der Waals surface area contributed by atoms with E-state index in [1.807, 2.05) is 0 Å². The van der Waals surface area contributed by atoms with Crippen LogP contribution in [0.5, 0.6) is 0 Å². The van der Waals surface area contributed by atoms with Gasteiger partial charge >= 0.3 is 0 Å². The number of ether oxygens (including phenoxy) is 10. The van der Waals surface area contributed by atoms with Crippen molar-refractivity contribution >= 4 is 0 Å². The van der Waals surface area contributed by atoms with Crippen molar-refractivity contribution in [2.45, 2.75) is 32.6 Å². The first-order valence-corrected chi connectivity index (χ1v) is 13.1. The van der Waals surface area contributed by atoms with E-state index in [0.717, 1.165) is 13.0 Å². The maximum absolute atomic E-state index is 5.51. The number of hydrogen-bond acceptors (Lipinski definition) is 10. The normalized spacial score (nSPS) is 11.5. The van der Waals surface area contributed by atoms with Crippen molar-refractivity contribution < 1.29 is 47.4 Å². The van der Waals surface area contributed by atoms with Crippen molar-refractivity contribution in [1.29, 1.82) is 0 Å². The van der Waals surface area contributed by atoms with Gasteiger partial charge in [-0.05, 0) is 6.42 Å². The minimum atomic E-state index is 0.533. The molecule has 10 nitrogen and oxygen atoms in total. The second-order valence-electron chi connectivity index (χ2n) is 7.56. The summed E-state index contributed by atoms with van der Waals surface area (Å²) in [5.41, 5.74) is 0. The summed E-state index contributed by atoms with van der Waals surface area (Å²) < 4.78 is 53.8. The molecule has 0 aromatic rings. The molecule has 0 fully saturated rings. The molecule has 0 bridgehead atoms. The molecule has 0 atom stereocenters. The van der Waals surface area contributed by atoms with Crippen LogP contribution in [0.15, 0.2) is 0 Å². The fourth-order valence-electron chi connectivity index (χ4n) is 2.63. The van der Waals surface area contributed by atoms with Crippen molar-refractivity contribution in [2.24, 2.45) is 0 Å². The van der Waals surface area contributed by atoms with Gasteiger partial charge in [0.05, 0.1) is 119 Å². The van der Waals surface area contributed by atoms with E-state index in [1.165, 1.54) is 19.3 Å². The zero-order chi connectivity index (χ0) is 25.3. The van der Waals surface area contributed by atoms with Gasteiger partial charge in [-0.15, -0.1) is 0 Å². The Labute approximate surface area is 213 Å². The minimum absolute atomic E-state index is 0.533. The Morgan fingerprint density at radius 2 is 0.543 bits per heavy atom. The van der Waals surface area contributed by atoms with Gasteiger partial charge in [0.15, 0.2) is 0 Å². The summed E-state index contributed by atoms with van der Waals surface area (Å²) in [5, 5.41) is 0. The van der Waals surface area contributed by atoms with Gasteiger partial charge in [-0.25, -0.2) is 0 Å². The van der Waals surface area contributed by atoms with Gasteiger partial charge < -0.3 is 47.4 Å². The lowest BCUT2D eigenvalue weighted by atomic mass is 10.2. The van der Waals surface area contributed by atoms with Gasteiger partial charge in [-0.3, -0.25) is 0 Å². The third-order valence-corrected chi connectivity index (χ3v) is 4.55. The Hall–Kier alpha value is -0.400. The van der Waals surface area contributed by atoms with Crippen LogP contribution in [0.1, 0.15) is 32.6 Å². The molecule has 0 aliphatic rings. The zero-order valence-corrected chi connectivity index (χ0v) is 22.3. The van der Waals surface area contributed by atoms with Crippen molar-refractivity contribution in [1.82, 2.24) is 0 Å². The quantitative estimate of drug-likeness (QED) is 0.125. The highest BCUT2D eigenvalue weighted by Crippen LogP contribution is 1.98. The lowest BCUT2D eigenvalue weighted by molar-refractivity contribution is -0.0259. The summed E-state index contributed by atoms with van der Waals surface area (Å²) in [6.07, 6.45) is 4.91. The van der Waals surface area contributed by atoms with Gasteiger partial charge in [-0.2, -0.15) is 0 Å². The van der Waals surface area contributed by atoms with Gasteiger partial charge in [0, 0.05) is 13.7 Å². The van der Waals surface area contributed by atoms with E-state index in [4.69, 9.17) is 47.4 Å². The van der Waals surface area contributed by atoms with Crippen LogP contribution in [0.4, 0.5) is 0 Å². The molecule has 212 valence electrons. The summed E-state index contributed by atoms with van der Waals surface area (Å²) >= 11 is 0. The number of unbranched alkanes of at least 4 members (excludes halogenated alkanes) is 3. The van der Waals surface area contributed by atoms with Crippen LogP contribution in [0.25, 0.3) is 0 Å². The van der Waals surface area contributed by atoms with E-state index in [-0.39, 0.29) is 0 Å². The lowest BCUT2D eigenvalue weighted by Gasteiger charge is -2.09. The van der Waals surface area contributed by atoms with Crippen molar-refractivity contribution in [2.75, 3.05) is 133 Å². The third kappa shape index (κ3) is 33.6. The average molecular weight is 513 g/mol. The number of methoxy groups -OCH3 is 1. The molecule has 0 aliphatic carbocycles. The Balaban J connectivity index is 3.00. The van der Waals surface area contributed by atoms with Crippen LogP contribution in [0.2, 0.25) is 0 Å². The van der Waals surface area contributed by atoms with E-state index < -0.39 is 0 Å². The molecule has 10 heteroatoms. The summed E-state index contributed by atoms with van der Waals surface area (Å²) in [6, 6.07) is 0. The fourth-order valence-corrected chi connectivity index (χ4v) is 2.63. The van der Waals surface area contributed by atoms with Crippen molar-refractivity contribution in [3.63, 3.8) is 0 Å². The number of hydrogen-bond donors (Lipinski definition) is 0. The Morgan fingerprint density at radius 3 is 0.800 bits per heavy atom.